The van der Waals surface area contributed by atoms with Gasteiger partial charge in [0.25, 0.3) is 0 Å². The molecule has 0 spiro atoms. The highest BCUT2D eigenvalue weighted by Crippen LogP contribution is 2.25. The number of pyridine rings is 1. The molecule has 0 amide bonds. The van der Waals surface area contributed by atoms with Crippen LogP contribution in [0.1, 0.15) is 5.69 Å². The minimum Gasteiger partial charge on any atom is -0.378 e. The molecule has 0 bridgehead atoms. The van der Waals surface area contributed by atoms with Crippen LogP contribution in [-0.4, -0.2) is 34.1 Å². The van der Waals surface area contributed by atoms with Crippen LogP contribution in [0.3, 0.4) is 0 Å². The van der Waals surface area contributed by atoms with E-state index in [0.717, 1.165) is 28.3 Å². The average Bonchev–Trinajstić information content (AvgIpc) is 2.99. The van der Waals surface area contributed by atoms with Gasteiger partial charge in [-0.25, -0.2) is 4.68 Å². The smallest absolute Gasteiger partial charge is 0.105 e. The molecule has 0 aliphatic heterocycles. The Morgan fingerprint density at radius 3 is 2.50 bits per heavy atom. The molecule has 6 heteroatoms. The summed E-state index contributed by atoms with van der Waals surface area (Å²) in [5.74, 6) is 0. The minimum absolute atomic E-state index is 0.333. The van der Waals surface area contributed by atoms with E-state index in [1.165, 1.54) is 0 Å². The summed E-state index contributed by atoms with van der Waals surface area (Å²) >= 11 is 0. The van der Waals surface area contributed by atoms with Gasteiger partial charge in [0.1, 0.15) is 11.4 Å². The second-order valence-corrected chi connectivity index (χ2v) is 5.15. The molecular formula is C16H18N6. The van der Waals surface area contributed by atoms with E-state index in [1.807, 2.05) is 50.5 Å². The van der Waals surface area contributed by atoms with Crippen molar-refractivity contribution in [1.29, 1.82) is 0 Å². The molecule has 0 aliphatic rings. The lowest BCUT2D eigenvalue weighted by atomic mass is 10.1. The Morgan fingerprint density at radius 1 is 1.14 bits per heavy atom. The van der Waals surface area contributed by atoms with Crippen molar-refractivity contribution in [3.63, 3.8) is 0 Å². The van der Waals surface area contributed by atoms with Gasteiger partial charge in [-0.15, -0.1) is 5.10 Å². The first kappa shape index (κ1) is 14.2. The summed E-state index contributed by atoms with van der Waals surface area (Å²) in [4.78, 5) is 6.23. The molecule has 6 nitrogen and oxygen atoms in total. The van der Waals surface area contributed by atoms with Crippen LogP contribution in [0.25, 0.3) is 16.9 Å². The number of hydrogen-bond donors (Lipinski definition) is 1. The molecule has 0 atom stereocenters. The summed E-state index contributed by atoms with van der Waals surface area (Å²) in [6, 6.07) is 12.0. The van der Waals surface area contributed by atoms with E-state index in [-0.39, 0.29) is 0 Å². The predicted octanol–water partition coefficient (Wildman–Crippen LogP) is 1.85. The first-order chi connectivity index (χ1) is 10.7. The Bertz CT molecular complexity index is 746. The predicted molar refractivity (Wildman–Crippen MR) is 86.8 cm³/mol. The molecule has 0 unspecified atom stereocenters. The molecule has 22 heavy (non-hydrogen) atoms. The maximum Gasteiger partial charge on any atom is 0.105 e. The number of anilines is 1. The van der Waals surface area contributed by atoms with E-state index in [9.17, 15) is 0 Å². The molecular weight excluding hydrogens is 276 g/mol. The summed E-state index contributed by atoms with van der Waals surface area (Å²) in [6.07, 6.45) is 3.54. The molecule has 2 heterocycles. The van der Waals surface area contributed by atoms with Gasteiger partial charge >= 0.3 is 0 Å². The van der Waals surface area contributed by atoms with Crippen molar-refractivity contribution >= 4 is 5.69 Å². The average molecular weight is 294 g/mol. The van der Waals surface area contributed by atoms with Crippen LogP contribution in [0.2, 0.25) is 0 Å². The molecule has 2 N–H and O–H groups in total. The Morgan fingerprint density at radius 2 is 1.91 bits per heavy atom. The van der Waals surface area contributed by atoms with Crippen molar-refractivity contribution in [2.45, 2.75) is 6.54 Å². The van der Waals surface area contributed by atoms with Gasteiger partial charge in [-0.05, 0) is 36.4 Å². The molecule has 2 aromatic heterocycles. The van der Waals surface area contributed by atoms with E-state index < -0.39 is 0 Å². The molecule has 0 saturated carbocycles. The zero-order valence-corrected chi connectivity index (χ0v) is 12.6. The van der Waals surface area contributed by atoms with E-state index in [2.05, 4.69) is 20.2 Å². The highest BCUT2D eigenvalue weighted by atomic mass is 15.4. The van der Waals surface area contributed by atoms with Crippen molar-refractivity contribution in [2.24, 2.45) is 5.73 Å². The monoisotopic (exact) mass is 294 g/mol. The van der Waals surface area contributed by atoms with Crippen molar-refractivity contribution in [3.05, 3.63) is 54.5 Å². The summed E-state index contributed by atoms with van der Waals surface area (Å²) in [7, 11) is 4.02. The van der Waals surface area contributed by atoms with E-state index in [4.69, 9.17) is 5.73 Å². The highest BCUT2D eigenvalue weighted by Gasteiger charge is 2.15. The SMILES string of the molecule is CN(C)c1ccc(-n2nnc(CN)c2-c2cccnc2)cc1. The van der Waals surface area contributed by atoms with Gasteiger partial charge in [0.2, 0.25) is 0 Å². The summed E-state index contributed by atoms with van der Waals surface area (Å²) < 4.78 is 1.80. The van der Waals surface area contributed by atoms with Gasteiger partial charge in [-0.2, -0.15) is 0 Å². The van der Waals surface area contributed by atoms with Crippen LogP contribution < -0.4 is 10.6 Å². The van der Waals surface area contributed by atoms with Crippen molar-refractivity contribution in [1.82, 2.24) is 20.0 Å². The highest BCUT2D eigenvalue weighted by molar-refractivity contribution is 5.64. The molecule has 0 aliphatic carbocycles. The Labute approximate surface area is 129 Å². The topological polar surface area (TPSA) is 72.9 Å². The quantitative estimate of drug-likeness (QED) is 0.795. The second kappa shape index (κ2) is 5.95. The third-order valence-corrected chi connectivity index (χ3v) is 3.48. The Kier molecular flexibility index (Phi) is 3.84. The maximum atomic E-state index is 5.80. The molecule has 0 saturated heterocycles. The van der Waals surface area contributed by atoms with Crippen LogP contribution in [0.15, 0.2) is 48.8 Å². The maximum absolute atomic E-state index is 5.80. The number of hydrogen-bond acceptors (Lipinski definition) is 5. The van der Waals surface area contributed by atoms with Crippen LogP contribution in [0.5, 0.6) is 0 Å². The number of aromatic nitrogens is 4. The third kappa shape index (κ3) is 2.56. The van der Waals surface area contributed by atoms with E-state index in [1.54, 1.807) is 17.1 Å². The summed E-state index contributed by atoms with van der Waals surface area (Å²) in [6.45, 7) is 0.333. The summed E-state index contributed by atoms with van der Waals surface area (Å²) in [5, 5.41) is 8.45. The minimum atomic E-state index is 0.333. The van der Waals surface area contributed by atoms with Crippen molar-refractivity contribution in [2.75, 3.05) is 19.0 Å². The van der Waals surface area contributed by atoms with Gasteiger partial charge in [0, 0.05) is 44.3 Å². The van der Waals surface area contributed by atoms with E-state index >= 15 is 0 Å². The van der Waals surface area contributed by atoms with Crippen LogP contribution in [0.4, 0.5) is 5.69 Å². The number of rotatable bonds is 4. The Hall–Kier alpha value is -2.73. The van der Waals surface area contributed by atoms with Crippen LogP contribution in [-0.2, 0) is 6.54 Å². The largest absolute Gasteiger partial charge is 0.378 e. The van der Waals surface area contributed by atoms with E-state index in [0.29, 0.717) is 6.54 Å². The molecule has 3 rings (SSSR count). The van der Waals surface area contributed by atoms with Gasteiger partial charge in [-0.3, -0.25) is 4.98 Å². The lowest BCUT2D eigenvalue weighted by Gasteiger charge is -2.13. The van der Waals surface area contributed by atoms with Gasteiger partial charge in [0.05, 0.1) is 5.69 Å². The fourth-order valence-corrected chi connectivity index (χ4v) is 2.31. The molecule has 1 aromatic carbocycles. The fourth-order valence-electron chi connectivity index (χ4n) is 2.31. The zero-order chi connectivity index (χ0) is 15.5. The summed E-state index contributed by atoms with van der Waals surface area (Å²) in [5.41, 5.74) is 10.5. The molecule has 0 fully saturated rings. The second-order valence-electron chi connectivity index (χ2n) is 5.15. The van der Waals surface area contributed by atoms with Crippen LogP contribution in [0, 0.1) is 0 Å². The first-order valence-corrected chi connectivity index (χ1v) is 7.03. The van der Waals surface area contributed by atoms with Crippen molar-refractivity contribution in [3.8, 4) is 16.9 Å². The molecule has 0 radical (unpaired) electrons. The van der Waals surface area contributed by atoms with Crippen molar-refractivity contribution < 1.29 is 0 Å². The van der Waals surface area contributed by atoms with Crippen LogP contribution >= 0.6 is 0 Å². The zero-order valence-electron chi connectivity index (χ0n) is 12.6. The lowest BCUT2D eigenvalue weighted by Crippen LogP contribution is -2.08. The molecule has 3 aromatic rings. The fraction of sp³-hybridized carbons (Fsp3) is 0.188. The lowest BCUT2D eigenvalue weighted by molar-refractivity contribution is 0.799. The third-order valence-electron chi connectivity index (χ3n) is 3.48. The number of nitrogens with zero attached hydrogens (tertiary/aromatic N) is 5. The number of benzene rings is 1. The molecule has 112 valence electrons. The van der Waals surface area contributed by atoms with Gasteiger partial charge < -0.3 is 10.6 Å². The number of nitrogens with two attached hydrogens (primary N) is 1. The Balaban J connectivity index is 2.10. The van der Waals surface area contributed by atoms with Gasteiger partial charge in [0.15, 0.2) is 0 Å². The van der Waals surface area contributed by atoms with Gasteiger partial charge in [-0.1, -0.05) is 5.21 Å². The normalized spacial score (nSPS) is 10.7. The standard InChI is InChI=1S/C16H18N6/c1-21(2)13-5-7-14(8-6-13)22-16(15(10-17)19-20-22)12-4-3-9-18-11-12/h3-9,11H,10,17H2,1-2H3. The first-order valence-electron chi connectivity index (χ1n) is 7.03.